The molecule has 6 heteroatoms. The van der Waals surface area contributed by atoms with Crippen LogP contribution in [0.2, 0.25) is 0 Å². The lowest BCUT2D eigenvalue weighted by atomic mass is 10.0. The van der Waals surface area contributed by atoms with Gasteiger partial charge in [0.25, 0.3) is 11.8 Å². The molecule has 0 saturated carbocycles. The number of hydrogen-bond donors (Lipinski definition) is 0. The highest BCUT2D eigenvalue weighted by molar-refractivity contribution is 6.38. The third-order valence-electron chi connectivity index (χ3n) is 4.76. The van der Waals surface area contributed by atoms with Gasteiger partial charge in [0.1, 0.15) is 5.69 Å². The molecule has 3 heterocycles. The quantitative estimate of drug-likeness (QED) is 0.517. The van der Waals surface area contributed by atoms with Gasteiger partial charge in [-0.2, -0.15) is 5.10 Å². The third-order valence-corrected chi connectivity index (χ3v) is 4.76. The van der Waals surface area contributed by atoms with Crippen molar-refractivity contribution < 1.29 is 9.59 Å². The monoisotopic (exact) mass is 354 g/mol. The van der Waals surface area contributed by atoms with Crippen LogP contribution in [0.25, 0.3) is 22.3 Å². The zero-order chi connectivity index (χ0) is 18.5. The van der Waals surface area contributed by atoms with Gasteiger partial charge in [-0.3, -0.25) is 9.59 Å². The van der Waals surface area contributed by atoms with E-state index in [4.69, 9.17) is 0 Å². The summed E-state index contributed by atoms with van der Waals surface area (Å²) >= 11 is 0. The number of amides is 2. The smallest absolute Gasteiger partial charge is 0.267 e. The molecular weight excluding hydrogens is 340 g/mol. The second kappa shape index (κ2) is 5.60. The molecule has 2 aromatic heterocycles. The Morgan fingerprint density at radius 3 is 2.22 bits per heavy atom. The summed E-state index contributed by atoms with van der Waals surface area (Å²) in [5.41, 5.74) is 3.30. The Balaban J connectivity index is 1.80. The van der Waals surface area contributed by atoms with Gasteiger partial charge in [0.15, 0.2) is 5.65 Å². The van der Waals surface area contributed by atoms with Crippen LogP contribution in [0.4, 0.5) is 5.69 Å². The number of anilines is 1. The lowest BCUT2D eigenvalue weighted by molar-refractivity contribution is 0.0926. The van der Waals surface area contributed by atoms with Gasteiger partial charge in [-0.05, 0) is 12.1 Å². The van der Waals surface area contributed by atoms with Crippen LogP contribution in [0.5, 0.6) is 0 Å². The summed E-state index contributed by atoms with van der Waals surface area (Å²) in [6, 6.07) is 18.5. The number of fused-ring (bicyclic) bond motifs is 3. The van der Waals surface area contributed by atoms with Crippen molar-refractivity contribution in [2.24, 2.45) is 7.05 Å². The minimum atomic E-state index is -0.363. The number of pyridine rings is 1. The van der Waals surface area contributed by atoms with Crippen molar-refractivity contribution in [3.05, 3.63) is 78.0 Å². The Hall–Kier alpha value is -3.80. The average molecular weight is 354 g/mol. The Morgan fingerprint density at radius 1 is 0.852 bits per heavy atom. The Labute approximate surface area is 154 Å². The molecule has 0 spiro atoms. The number of imide groups is 1. The molecule has 2 aromatic carbocycles. The average Bonchev–Trinajstić information content (AvgIpc) is 3.18. The van der Waals surface area contributed by atoms with E-state index in [2.05, 4.69) is 10.1 Å². The maximum absolute atomic E-state index is 13.3. The largest absolute Gasteiger partial charge is 0.268 e. The van der Waals surface area contributed by atoms with E-state index in [0.29, 0.717) is 33.5 Å². The van der Waals surface area contributed by atoms with Gasteiger partial charge in [0.05, 0.1) is 22.2 Å². The van der Waals surface area contributed by atoms with Crippen molar-refractivity contribution in [2.45, 2.75) is 0 Å². The van der Waals surface area contributed by atoms with Crippen LogP contribution in [-0.2, 0) is 7.05 Å². The summed E-state index contributed by atoms with van der Waals surface area (Å²) in [5.74, 6) is -0.711. The number of nitrogens with zero attached hydrogens (tertiary/aromatic N) is 4. The van der Waals surface area contributed by atoms with Gasteiger partial charge in [0.2, 0.25) is 0 Å². The first-order valence-corrected chi connectivity index (χ1v) is 8.52. The summed E-state index contributed by atoms with van der Waals surface area (Å²) in [6.07, 6.45) is 1.47. The van der Waals surface area contributed by atoms with Crippen LogP contribution < -0.4 is 4.90 Å². The first-order valence-electron chi connectivity index (χ1n) is 8.52. The molecule has 130 valence electrons. The fourth-order valence-corrected chi connectivity index (χ4v) is 3.54. The number of para-hydroxylation sites is 1. The topological polar surface area (TPSA) is 68.1 Å². The number of carbonyl (C=O) groups is 2. The van der Waals surface area contributed by atoms with Crippen LogP contribution >= 0.6 is 0 Å². The van der Waals surface area contributed by atoms with E-state index >= 15 is 0 Å². The van der Waals surface area contributed by atoms with E-state index < -0.39 is 0 Å². The van der Waals surface area contributed by atoms with E-state index in [-0.39, 0.29) is 11.8 Å². The van der Waals surface area contributed by atoms with Crippen LogP contribution in [-0.4, -0.2) is 26.6 Å². The lowest BCUT2D eigenvalue weighted by Crippen LogP contribution is -2.29. The summed E-state index contributed by atoms with van der Waals surface area (Å²) < 4.78 is 1.64. The highest BCUT2D eigenvalue weighted by atomic mass is 16.2. The van der Waals surface area contributed by atoms with Gasteiger partial charge >= 0.3 is 0 Å². The summed E-state index contributed by atoms with van der Waals surface area (Å²) in [7, 11) is 1.78. The number of hydrogen-bond acceptors (Lipinski definition) is 4. The molecule has 0 bridgehead atoms. The van der Waals surface area contributed by atoms with Crippen LogP contribution in [0, 0.1) is 0 Å². The number of aryl methyl sites for hydroxylation is 1. The third kappa shape index (κ3) is 2.13. The zero-order valence-corrected chi connectivity index (χ0v) is 14.5. The molecule has 4 aromatic rings. The minimum Gasteiger partial charge on any atom is -0.268 e. The highest BCUT2D eigenvalue weighted by Gasteiger charge is 2.40. The predicted molar refractivity (Wildman–Crippen MR) is 102 cm³/mol. The van der Waals surface area contributed by atoms with Crippen molar-refractivity contribution in [1.29, 1.82) is 0 Å². The fraction of sp³-hybridized carbons (Fsp3) is 0.0476. The maximum Gasteiger partial charge on any atom is 0.267 e. The van der Waals surface area contributed by atoms with E-state index in [0.717, 1.165) is 5.56 Å². The van der Waals surface area contributed by atoms with Crippen molar-refractivity contribution in [3.63, 3.8) is 0 Å². The first-order chi connectivity index (χ1) is 13.2. The Kier molecular flexibility index (Phi) is 3.21. The van der Waals surface area contributed by atoms with Gasteiger partial charge in [-0.1, -0.05) is 48.5 Å². The van der Waals surface area contributed by atoms with E-state index in [1.165, 1.54) is 11.1 Å². The number of carbonyl (C=O) groups excluding carboxylic acids is 2. The summed E-state index contributed by atoms with van der Waals surface area (Å²) in [4.78, 5) is 31.8. The molecule has 0 aliphatic carbocycles. The summed E-state index contributed by atoms with van der Waals surface area (Å²) in [5, 5.41) is 5.18. The molecule has 0 radical (unpaired) electrons. The highest BCUT2D eigenvalue weighted by Crippen LogP contribution is 2.36. The van der Waals surface area contributed by atoms with Crippen LogP contribution in [0.15, 0.2) is 66.9 Å². The predicted octanol–water partition coefficient (Wildman–Crippen LogP) is 3.44. The molecule has 0 atom stereocenters. The Bertz CT molecular complexity index is 1210. The van der Waals surface area contributed by atoms with Gasteiger partial charge in [-0.25, -0.2) is 14.6 Å². The standard InChI is InChI=1S/C21H14N4O2/c1-24-19-17(18(23-24)13-8-4-2-5-9-13)16-15(12-22-19)20(26)25(21(16)27)14-10-6-3-7-11-14/h2-12H,1H3. The van der Waals surface area contributed by atoms with Gasteiger partial charge in [0, 0.05) is 18.8 Å². The molecule has 0 unspecified atom stereocenters. The molecule has 0 saturated heterocycles. The minimum absolute atomic E-state index is 0.307. The van der Waals surface area contributed by atoms with Crippen LogP contribution in [0.3, 0.4) is 0 Å². The normalized spacial score (nSPS) is 13.4. The fourth-order valence-electron chi connectivity index (χ4n) is 3.54. The molecule has 1 aliphatic heterocycles. The number of aromatic nitrogens is 3. The molecule has 0 N–H and O–H groups in total. The second-order valence-corrected chi connectivity index (χ2v) is 6.36. The molecule has 0 fully saturated rings. The van der Waals surface area contributed by atoms with Crippen molar-refractivity contribution in [1.82, 2.24) is 14.8 Å². The first kappa shape index (κ1) is 15.5. The number of benzene rings is 2. The lowest BCUT2D eigenvalue weighted by Gasteiger charge is -2.13. The van der Waals surface area contributed by atoms with Crippen molar-refractivity contribution in [2.75, 3.05) is 4.90 Å². The molecular formula is C21H14N4O2. The van der Waals surface area contributed by atoms with Crippen LogP contribution in [0.1, 0.15) is 20.7 Å². The molecule has 1 aliphatic rings. The van der Waals surface area contributed by atoms with E-state index in [9.17, 15) is 9.59 Å². The zero-order valence-electron chi connectivity index (χ0n) is 14.5. The van der Waals surface area contributed by atoms with E-state index in [1.54, 1.807) is 36.0 Å². The molecule has 6 nitrogen and oxygen atoms in total. The molecule has 5 rings (SSSR count). The SMILES string of the molecule is Cn1nc(-c2ccccc2)c2c3c(cnc21)C(=O)N(c1ccccc1)C3=O. The molecule has 27 heavy (non-hydrogen) atoms. The molecule has 2 amide bonds. The maximum atomic E-state index is 13.3. The number of rotatable bonds is 2. The van der Waals surface area contributed by atoms with Gasteiger partial charge in [-0.15, -0.1) is 0 Å². The second-order valence-electron chi connectivity index (χ2n) is 6.36. The summed E-state index contributed by atoms with van der Waals surface area (Å²) in [6.45, 7) is 0. The van der Waals surface area contributed by atoms with Crippen molar-refractivity contribution in [3.8, 4) is 11.3 Å². The van der Waals surface area contributed by atoms with Gasteiger partial charge < -0.3 is 0 Å². The Morgan fingerprint density at radius 2 is 1.52 bits per heavy atom. The van der Waals surface area contributed by atoms with Crippen molar-refractivity contribution >= 4 is 28.5 Å². The van der Waals surface area contributed by atoms with E-state index in [1.807, 2.05) is 36.4 Å².